The third-order valence-corrected chi connectivity index (χ3v) is 10.3. The van der Waals surface area contributed by atoms with Crippen molar-refractivity contribution in [3.8, 4) is 6.07 Å². The summed E-state index contributed by atoms with van der Waals surface area (Å²) in [5.74, 6) is 3.13. The number of hydrogen-bond donors (Lipinski definition) is 0. The Kier molecular flexibility index (Phi) is 6.44. The number of fused-ring (bicyclic) bond motifs is 5. The average molecular weight is 445 g/mol. The molecule has 0 amide bonds. The summed E-state index contributed by atoms with van der Waals surface area (Å²) < 4.78 is 6.59. The maximum absolute atomic E-state index is 12.4. The summed E-state index contributed by atoms with van der Waals surface area (Å²) in [6.45, 7) is 6.12. The third-order valence-electron chi connectivity index (χ3n) is 10.3. The van der Waals surface area contributed by atoms with E-state index in [4.69, 9.17) is 4.74 Å². The van der Waals surface area contributed by atoms with Crippen molar-refractivity contribution >= 4 is 5.97 Å². The minimum atomic E-state index is -0.0355. The van der Waals surface area contributed by atoms with Crippen LogP contribution in [-0.4, -0.2) is 68.8 Å². The number of quaternary nitrogens is 1. The quantitative estimate of drug-likeness (QED) is 0.357. The molecule has 0 aliphatic heterocycles. The van der Waals surface area contributed by atoms with Crippen molar-refractivity contribution in [2.24, 2.45) is 34.5 Å². The second kappa shape index (κ2) is 8.58. The Morgan fingerprint density at radius 3 is 2.41 bits per heavy atom. The lowest BCUT2D eigenvalue weighted by Crippen LogP contribution is -2.56. The van der Waals surface area contributed by atoms with Gasteiger partial charge in [-0.2, -0.15) is 5.26 Å². The molecule has 4 rings (SSSR count). The Labute approximate surface area is 196 Å². The van der Waals surface area contributed by atoms with E-state index in [0.29, 0.717) is 40.4 Å². The van der Waals surface area contributed by atoms with E-state index in [1.807, 2.05) is 21.1 Å². The number of likely N-dealkylation sites (N-methyl/N-ethyl adjacent to an activating group) is 1. The number of rotatable bonds is 5. The van der Waals surface area contributed by atoms with Crippen molar-refractivity contribution in [3.05, 3.63) is 0 Å². The van der Waals surface area contributed by atoms with Gasteiger partial charge in [0, 0.05) is 6.04 Å². The van der Waals surface area contributed by atoms with E-state index in [2.05, 4.69) is 31.9 Å². The van der Waals surface area contributed by atoms with Gasteiger partial charge in [-0.25, -0.2) is 4.79 Å². The summed E-state index contributed by atoms with van der Waals surface area (Å²) in [5.41, 5.74) is 0.776. The first-order valence-electron chi connectivity index (χ1n) is 13.0. The number of nitrogens with zero attached hydrogens (tertiary/aromatic N) is 3. The fraction of sp³-hybridized carbons (Fsp3) is 0.926. The van der Waals surface area contributed by atoms with Crippen molar-refractivity contribution in [1.29, 1.82) is 5.26 Å². The molecule has 0 spiro atoms. The first-order chi connectivity index (χ1) is 15.0. The van der Waals surface area contributed by atoms with E-state index < -0.39 is 0 Å². The van der Waals surface area contributed by atoms with E-state index in [9.17, 15) is 10.1 Å². The highest BCUT2D eigenvalue weighted by atomic mass is 16.5. The van der Waals surface area contributed by atoms with Crippen LogP contribution in [0.1, 0.15) is 71.6 Å². The second-order valence-corrected chi connectivity index (χ2v) is 13.2. The molecular weight excluding hydrogens is 398 g/mol. The predicted octanol–water partition coefficient (Wildman–Crippen LogP) is 4.47. The first kappa shape index (κ1) is 24.0. The molecule has 0 heterocycles. The molecule has 0 radical (unpaired) electrons. The maximum atomic E-state index is 12.4. The highest BCUT2D eigenvalue weighted by Gasteiger charge is 2.60. The summed E-state index contributed by atoms with van der Waals surface area (Å²) in [5, 5.41) is 9.24. The van der Waals surface area contributed by atoms with Gasteiger partial charge in [0.15, 0.2) is 6.54 Å². The summed E-state index contributed by atoms with van der Waals surface area (Å²) in [4.78, 5) is 14.8. The van der Waals surface area contributed by atoms with Gasteiger partial charge in [-0.3, -0.25) is 4.90 Å². The Morgan fingerprint density at radius 1 is 1.03 bits per heavy atom. The molecule has 0 N–H and O–H groups in total. The van der Waals surface area contributed by atoms with Gasteiger partial charge in [0.25, 0.3) is 0 Å². The molecule has 0 aromatic rings. The van der Waals surface area contributed by atoms with Crippen molar-refractivity contribution in [1.82, 2.24) is 4.90 Å². The SMILES string of the molecule is CN(CC#N)[C@H]1CC[C@@H]2[C@@H]3CC[C@H]4C[C@@H](OC(=O)C[N+](C)(C)C)CC[C@]4(C)[C@H]3CC[C@]21C. The fourth-order valence-electron chi connectivity index (χ4n) is 8.85. The highest BCUT2D eigenvalue weighted by Crippen LogP contribution is 2.66. The number of esters is 1. The second-order valence-electron chi connectivity index (χ2n) is 13.2. The monoisotopic (exact) mass is 444 g/mol. The Hall–Kier alpha value is -1.12. The van der Waals surface area contributed by atoms with Gasteiger partial charge in [0.2, 0.25) is 0 Å². The molecule has 4 aliphatic rings. The molecule has 4 saturated carbocycles. The van der Waals surface area contributed by atoms with Crippen LogP contribution in [0.3, 0.4) is 0 Å². The predicted molar refractivity (Wildman–Crippen MR) is 127 cm³/mol. The summed E-state index contributed by atoms with van der Waals surface area (Å²) in [7, 11) is 8.29. The first-order valence-corrected chi connectivity index (χ1v) is 13.0. The van der Waals surface area contributed by atoms with Gasteiger partial charge in [-0.05, 0) is 99.3 Å². The zero-order chi connectivity index (χ0) is 23.3. The minimum absolute atomic E-state index is 0.0355. The molecule has 4 aliphatic carbocycles. The molecule has 0 aromatic heterocycles. The van der Waals surface area contributed by atoms with Crippen LogP contribution < -0.4 is 0 Å². The average Bonchev–Trinajstić information content (AvgIpc) is 3.04. The van der Waals surface area contributed by atoms with Gasteiger partial charge in [-0.1, -0.05) is 13.8 Å². The van der Waals surface area contributed by atoms with Gasteiger partial charge < -0.3 is 9.22 Å². The topological polar surface area (TPSA) is 53.3 Å². The van der Waals surface area contributed by atoms with Gasteiger partial charge in [0.05, 0.1) is 33.8 Å². The lowest BCUT2D eigenvalue weighted by Gasteiger charge is -2.61. The van der Waals surface area contributed by atoms with Crippen molar-refractivity contribution in [2.45, 2.75) is 83.8 Å². The number of ether oxygens (including phenoxy) is 1. The molecule has 0 bridgehead atoms. The molecule has 4 fully saturated rings. The number of carbonyl (C=O) groups is 1. The fourth-order valence-corrected chi connectivity index (χ4v) is 8.85. The van der Waals surface area contributed by atoms with Crippen LogP contribution in [0.5, 0.6) is 0 Å². The molecule has 0 saturated heterocycles. The smallest absolute Gasteiger partial charge is 0.362 e. The Bertz CT molecular complexity index is 755. The van der Waals surface area contributed by atoms with E-state index in [1.54, 1.807) is 0 Å². The number of nitriles is 1. The van der Waals surface area contributed by atoms with Crippen molar-refractivity contribution in [2.75, 3.05) is 41.3 Å². The zero-order valence-electron chi connectivity index (χ0n) is 21.4. The molecule has 5 nitrogen and oxygen atoms in total. The van der Waals surface area contributed by atoms with Crippen LogP contribution in [0.15, 0.2) is 0 Å². The van der Waals surface area contributed by atoms with Crippen LogP contribution in [0.4, 0.5) is 0 Å². The molecule has 8 atom stereocenters. The van der Waals surface area contributed by atoms with Crippen molar-refractivity contribution < 1.29 is 14.0 Å². The van der Waals surface area contributed by atoms with Crippen LogP contribution in [0.2, 0.25) is 0 Å². The van der Waals surface area contributed by atoms with Crippen LogP contribution >= 0.6 is 0 Å². The molecule has 32 heavy (non-hydrogen) atoms. The zero-order valence-corrected chi connectivity index (χ0v) is 21.4. The largest absolute Gasteiger partial charge is 0.458 e. The normalized spacial score (nSPS) is 43.7. The third kappa shape index (κ3) is 4.23. The van der Waals surface area contributed by atoms with Gasteiger partial charge >= 0.3 is 5.97 Å². The van der Waals surface area contributed by atoms with Crippen LogP contribution in [-0.2, 0) is 9.53 Å². The van der Waals surface area contributed by atoms with Crippen molar-refractivity contribution in [3.63, 3.8) is 0 Å². The van der Waals surface area contributed by atoms with E-state index in [1.165, 1.54) is 44.9 Å². The van der Waals surface area contributed by atoms with E-state index in [0.717, 1.165) is 30.6 Å². The molecular formula is C27H46N3O2+. The van der Waals surface area contributed by atoms with Gasteiger partial charge in [0.1, 0.15) is 6.10 Å². The summed E-state index contributed by atoms with van der Waals surface area (Å²) in [6, 6.07) is 2.94. The maximum Gasteiger partial charge on any atom is 0.362 e. The standard InChI is InChI=1S/C27H46N3O2/c1-26-13-11-20(32-25(31)18-30(4,5)6)17-19(26)7-8-21-22-9-10-24(29(3)16-15-28)27(22,2)14-12-23(21)26/h19-24H,7-14,16-18H2,1-6H3/q+1/t19-,20-,21-,22+,23-,24-,26-,27+/m0/s1. The molecule has 0 unspecified atom stereocenters. The van der Waals surface area contributed by atoms with Gasteiger partial charge in [-0.15, -0.1) is 0 Å². The molecule has 180 valence electrons. The summed E-state index contributed by atoms with van der Waals surface area (Å²) in [6.07, 6.45) is 11.3. The number of carbonyl (C=O) groups excluding carboxylic acids is 1. The molecule has 0 aromatic carbocycles. The lowest BCUT2D eigenvalue weighted by atomic mass is 9.45. The summed E-state index contributed by atoms with van der Waals surface area (Å²) >= 11 is 0. The molecule has 5 heteroatoms. The minimum Gasteiger partial charge on any atom is -0.458 e. The van der Waals surface area contributed by atoms with E-state index >= 15 is 0 Å². The van der Waals surface area contributed by atoms with E-state index in [-0.39, 0.29) is 12.1 Å². The van der Waals surface area contributed by atoms with Crippen LogP contribution in [0.25, 0.3) is 0 Å². The lowest BCUT2D eigenvalue weighted by molar-refractivity contribution is -0.862. The Morgan fingerprint density at radius 2 is 1.72 bits per heavy atom. The highest BCUT2D eigenvalue weighted by molar-refractivity contribution is 5.70. The Balaban J connectivity index is 1.43. The van der Waals surface area contributed by atoms with Crippen LogP contribution in [0, 0.1) is 45.8 Å². The number of hydrogen-bond acceptors (Lipinski definition) is 4.